The topological polar surface area (TPSA) is 90.9 Å². The molecule has 0 aromatic heterocycles. The zero-order valence-electron chi connectivity index (χ0n) is 12.8. The Kier molecular flexibility index (Phi) is 8.77. The van der Waals surface area contributed by atoms with Gasteiger partial charge in [0, 0.05) is 25.7 Å². The van der Waals surface area contributed by atoms with Crippen molar-refractivity contribution in [2.75, 3.05) is 39.4 Å². The number of carbonyl (C=O) groups excluding carboxylic acids is 1. The van der Waals surface area contributed by atoms with Gasteiger partial charge < -0.3 is 20.5 Å². The second-order valence-corrected chi connectivity index (χ2v) is 5.29. The van der Waals surface area contributed by atoms with Crippen LogP contribution in [0.25, 0.3) is 0 Å². The van der Waals surface area contributed by atoms with E-state index in [0.717, 1.165) is 45.7 Å². The third-order valence-corrected chi connectivity index (χ3v) is 3.43. The maximum atomic E-state index is 11.7. The van der Waals surface area contributed by atoms with Crippen LogP contribution in [0.4, 0.5) is 4.79 Å². The number of carboxylic acid groups (broad SMARTS) is 1. The van der Waals surface area contributed by atoms with Gasteiger partial charge in [-0.3, -0.25) is 9.69 Å². The number of rotatable bonds is 9. The van der Waals surface area contributed by atoms with Crippen LogP contribution < -0.4 is 10.6 Å². The van der Waals surface area contributed by atoms with Crippen LogP contribution in [0.1, 0.15) is 32.6 Å². The number of ether oxygens (including phenoxy) is 1. The minimum atomic E-state index is -0.888. The molecule has 7 heteroatoms. The minimum absolute atomic E-state index is 0.0327. The molecule has 0 saturated carbocycles. The molecule has 0 aromatic carbocycles. The van der Waals surface area contributed by atoms with Crippen molar-refractivity contribution < 1.29 is 19.4 Å². The van der Waals surface area contributed by atoms with Crippen LogP contribution in [0.5, 0.6) is 0 Å². The molecule has 1 heterocycles. The molecule has 2 amide bonds. The Morgan fingerprint density at radius 2 is 2.05 bits per heavy atom. The van der Waals surface area contributed by atoms with Gasteiger partial charge in [-0.05, 0) is 19.4 Å². The molecule has 1 atom stereocenters. The van der Waals surface area contributed by atoms with E-state index in [9.17, 15) is 9.59 Å². The highest BCUT2D eigenvalue weighted by Gasteiger charge is 2.15. The fraction of sp³-hybridized carbons (Fsp3) is 0.857. The molecule has 1 aliphatic heterocycles. The van der Waals surface area contributed by atoms with Gasteiger partial charge in [0.25, 0.3) is 0 Å². The number of carbonyl (C=O) groups is 2. The highest BCUT2D eigenvalue weighted by atomic mass is 16.5. The van der Waals surface area contributed by atoms with Crippen molar-refractivity contribution in [3.05, 3.63) is 0 Å². The summed E-state index contributed by atoms with van der Waals surface area (Å²) in [5, 5.41) is 14.3. The highest BCUT2D eigenvalue weighted by Crippen LogP contribution is 2.02. The lowest BCUT2D eigenvalue weighted by Crippen LogP contribution is -2.44. The average molecular weight is 301 g/mol. The summed E-state index contributed by atoms with van der Waals surface area (Å²) in [6, 6.07) is -0.580. The van der Waals surface area contributed by atoms with Crippen molar-refractivity contribution in [2.24, 2.45) is 0 Å². The number of aliphatic carboxylic acids is 1. The molecule has 7 nitrogen and oxygen atoms in total. The summed E-state index contributed by atoms with van der Waals surface area (Å²) in [7, 11) is 0. The Bertz CT molecular complexity index is 319. The normalized spacial score (nSPS) is 17.2. The third-order valence-electron chi connectivity index (χ3n) is 3.43. The van der Waals surface area contributed by atoms with Gasteiger partial charge >= 0.3 is 12.0 Å². The first-order chi connectivity index (χ1) is 10.1. The molecular weight excluding hydrogens is 274 g/mol. The van der Waals surface area contributed by atoms with Gasteiger partial charge in [-0.1, -0.05) is 13.3 Å². The number of amides is 2. The number of carboxylic acids is 1. The predicted octanol–water partition coefficient (Wildman–Crippen LogP) is 0.651. The van der Waals surface area contributed by atoms with E-state index >= 15 is 0 Å². The van der Waals surface area contributed by atoms with Crippen molar-refractivity contribution in [1.82, 2.24) is 15.5 Å². The van der Waals surface area contributed by atoms with Gasteiger partial charge in [0.1, 0.15) is 0 Å². The lowest BCUT2D eigenvalue weighted by molar-refractivity contribution is -0.137. The van der Waals surface area contributed by atoms with Gasteiger partial charge in [-0.25, -0.2) is 4.79 Å². The summed E-state index contributed by atoms with van der Waals surface area (Å²) in [4.78, 5) is 24.7. The maximum absolute atomic E-state index is 11.7. The summed E-state index contributed by atoms with van der Waals surface area (Å²) >= 11 is 0. The van der Waals surface area contributed by atoms with Crippen molar-refractivity contribution in [3.63, 3.8) is 0 Å². The lowest BCUT2D eigenvalue weighted by Gasteiger charge is -2.26. The first-order valence-corrected chi connectivity index (χ1v) is 7.68. The SMILES string of the molecule is CCCC(CC(=O)O)NC(=O)NCCCN1CCOCC1. The number of hydrogen-bond acceptors (Lipinski definition) is 4. The van der Waals surface area contributed by atoms with Crippen LogP contribution in [0.3, 0.4) is 0 Å². The van der Waals surface area contributed by atoms with E-state index in [1.165, 1.54) is 0 Å². The molecule has 3 N–H and O–H groups in total. The molecule has 0 aromatic rings. The molecule has 0 radical (unpaired) electrons. The van der Waals surface area contributed by atoms with Crippen LogP contribution in [-0.2, 0) is 9.53 Å². The Labute approximate surface area is 126 Å². The van der Waals surface area contributed by atoms with E-state index in [-0.39, 0.29) is 18.5 Å². The van der Waals surface area contributed by atoms with Crippen LogP contribution in [0.15, 0.2) is 0 Å². The first kappa shape index (κ1) is 17.7. The minimum Gasteiger partial charge on any atom is -0.481 e. The number of nitrogens with zero attached hydrogens (tertiary/aromatic N) is 1. The van der Waals surface area contributed by atoms with E-state index in [1.54, 1.807) is 0 Å². The zero-order chi connectivity index (χ0) is 15.5. The molecular formula is C14H27N3O4. The summed E-state index contributed by atoms with van der Waals surface area (Å²) < 4.78 is 5.27. The van der Waals surface area contributed by atoms with E-state index in [2.05, 4.69) is 15.5 Å². The fourth-order valence-electron chi connectivity index (χ4n) is 2.35. The monoisotopic (exact) mass is 301 g/mol. The third kappa shape index (κ3) is 8.52. The average Bonchev–Trinajstić information content (AvgIpc) is 2.44. The lowest BCUT2D eigenvalue weighted by atomic mass is 10.1. The quantitative estimate of drug-likeness (QED) is 0.544. The predicted molar refractivity (Wildman–Crippen MR) is 79.4 cm³/mol. The maximum Gasteiger partial charge on any atom is 0.315 e. The Morgan fingerprint density at radius 3 is 2.67 bits per heavy atom. The second-order valence-electron chi connectivity index (χ2n) is 5.29. The largest absolute Gasteiger partial charge is 0.481 e. The molecule has 1 aliphatic rings. The molecule has 122 valence electrons. The molecule has 21 heavy (non-hydrogen) atoms. The molecule has 1 saturated heterocycles. The van der Waals surface area contributed by atoms with Crippen molar-refractivity contribution in [3.8, 4) is 0 Å². The fourth-order valence-corrected chi connectivity index (χ4v) is 2.35. The standard InChI is InChI=1S/C14H27N3O4/c1-2-4-12(11-13(18)19)16-14(20)15-5-3-6-17-7-9-21-10-8-17/h12H,2-11H2,1H3,(H,18,19)(H2,15,16,20). The highest BCUT2D eigenvalue weighted by molar-refractivity contribution is 5.75. The van der Waals surface area contributed by atoms with Crippen LogP contribution in [-0.4, -0.2) is 67.4 Å². The molecule has 0 bridgehead atoms. The van der Waals surface area contributed by atoms with E-state index in [4.69, 9.17) is 9.84 Å². The van der Waals surface area contributed by atoms with E-state index in [1.807, 2.05) is 6.92 Å². The van der Waals surface area contributed by atoms with Crippen molar-refractivity contribution in [2.45, 2.75) is 38.6 Å². The van der Waals surface area contributed by atoms with Gasteiger partial charge in [-0.15, -0.1) is 0 Å². The summed E-state index contributed by atoms with van der Waals surface area (Å²) in [5.41, 5.74) is 0. The van der Waals surface area contributed by atoms with Gasteiger partial charge in [0.15, 0.2) is 0 Å². The van der Waals surface area contributed by atoms with E-state index in [0.29, 0.717) is 13.0 Å². The summed E-state index contributed by atoms with van der Waals surface area (Å²) in [6.45, 7) is 6.96. The van der Waals surface area contributed by atoms with Crippen LogP contribution in [0.2, 0.25) is 0 Å². The van der Waals surface area contributed by atoms with Crippen LogP contribution >= 0.6 is 0 Å². The van der Waals surface area contributed by atoms with Crippen LogP contribution in [0, 0.1) is 0 Å². The summed E-state index contributed by atoms with van der Waals surface area (Å²) in [6.07, 6.45) is 2.36. The van der Waals surface area contributed by atoms with E-state index < -0.39 is 5.97 Å². The number of nitrogens with one attached hydrogen (secondary N) is 2. The van der Waals surface area contributed by atoms with Crippen molar-refractivity contribution >= 4 is 12.0 Å². The van der Waals surface area contributed by atoms with Crippen molar-refractivity contribution in [1.29, 1.82) is 0 Å². The number of urea groups is 1. The molecule has 1 unspecified atom stereocenters. The van der Waals surface area contributed by atoms with Gasteiger partial charge in [0.05, 0.1) is 19.6 Å². The summed E-state index contributed by atoms with van der Waals surface area (Å²) in [5.74, 6) is -0.888. The second kappa shape index (κ2) is 10.4. The van der Waals surface area contributed by atoms with Gasteiger partial charge in [-0.2, -0.15) is 0 Å². The molecule has 1 fully saturated rings. The Balaban J connectivity index is 2.12. The number of morpholine rings is 1. The molecule has 0 spiro atoms. The number of hydrogen-bond donors (Lipinski definition) is 3. The Hall–Kier alpha value is -1.34. The first-order valence-electron chi connectivity index (χ1n) is 7.68. The Morgan fingerprint density at radius 1 is 1.33 bits per heavy atom. The molecule has 1 rings (SSSR count). The smallest absolute Gasteiger partial charge is 0.315 e. The molecule has 0 aliphatic carbocycles. The van der Waals surface area contributed by atoms with Gasteiger partial charge in [0.2, 0.25) is 0 Å². The zero-order valence-corrected chi connectivity index (χ0v) is 12.8.